The van der Waals surface area contributed by atoms with Crippen molar-refractivity contribution in [2.45, 2.75) is 0 Å². The topological polar surface area (TPSA) is 86.0 Å². The molecular weight excluding hydrogens is 360 g/mol. The van der Waals surface area contributed by atoms with Gasteiger partial charge in [-0.2, -0.15) is 10.2 Å². The van der Waals surface area contributed by atoms with E-state index in [4.69, 9.17) is 0 Å². The lowest BCUT2D eigenvalue weighted by molar-refractivity contribution is 1.09. The Morgan fingerprint density at radius 1 is 0.759 bits per heavy atom. The Morgan fingerprint density at radius 3 is 2.55 bits per heavy atom. The van der Waals surface area contributed by atoms with Crippen molar-refractivity contribution >= 4 is 21.8 Å². The molecule has 0 spiro atoms. The van der Waals surface area contributed by atoms with Gasteiger partial charge in [0.2, 0.25) is 0 Å². The van der Waals surface area contributed by atoms with Gasteiger partial charge < -0.3 is 4.98 Å². The van der Waals surface area contributed by atoms with Crippen molar-refractivity contribution in [1.82, 2.24) is 30.4 Å². The average molecular weight is 376 g/mol. The predicted octanol–water partition coefficient (Wildman–Crippen LogP) is 5.16. The van der Waals surface area contributed by atoms with Crippen LogP contribution in [0.25, 0.3) is 55.4 Å². The van der Waals surface area contributed by atoms with Gasteiger partial charge in [-0.3, -0.25) is 15.2 Å². The zero-order valence-electron chi connectivity index (χ0n) is 15.3. The average Bonchev–Trinajstić information content (AvgIpc) is 3.52. The zero-order chi connectivity index (χ0) is 19.2. The van der Waals surface area contributed by atoms with E-state index in [1.165, 1.54) is 5.56 Å². The minimum atomic E-state index is 0.905. The van der Waals surface area contributed by atoms with Gasteiger partial charge in [0, 0.05) is 40.4 Å². The molecule has 138 valence electrons. The quantitative estimate of drug-likeness (QED) is 0.398. The molecule has 4 aromatic heterocycles. The van der Waals surface area contributed by atoms with Crippen molar-refractivity contribution in [3.8, 4) is 33.6 Å². The normalized spacial score (nSPS) is 11.4. The molecule has 6 rings (SSSR count). The van der Waals surface area contributed by atoms with Crippen molar-refractivity contribution in [3.05, 3.63) is 79.4 Å². The first-order valence-electron chi connectivity index (χ1n) is 9.36. The molecule has 6 aromatic rings. The lowest BCUT2D eigenvalue weighted by Crippen LogP contribution is -1.79. The van der Waals surface area contributed by atoms with Gasteiger partial charge >= 0.3 is 0 Å². The Labute approximate surface area is 165 Å². The molecule has 0 aliphatic carbocycles. The third-order valence-electron chi connectivity index (χ3n) is 5.30. The van der Waals surface area contributed by atoms with Gasteiger partial charge in [0.1, 0.15) is 5.69 Å². The van der Waals surface area contributed by atoms with Crippen LogP contribution in [0.1, 0.15) is 0 Å². The van der Waals surface area contributed by atoms with Crippen LogP contribution in [0.3, 0.4) is 0 Å². The monoisotopic (exact) mass is 376 g/mol. The van der Waals surface area contributed by atoms with Crippen LogP contribution < -0.4 is 0 Å². The summed E-state index contributed by atoms with van der Waals surface area (Å²) >= 11 is 0. The summed E-state index contributed by atoms with van der Waals surface area (Å²) in [4.78, 5) is 7.67. The van der Waals surface area contributed by atoms with Crippen LogP contribution in [0.4, 0.5) is 0 Å². The van der Waals surface area contributed by atoms with Crippen molar-refractivity contribution in [2.75, 3.05) is 0 Å². The number of hydrogen-bond acceptors (Lipinski definition) is 3. The first-order valence-corrected chi connectivity index (χ1v) is 9.36. The highest BCUT2D eigenvalue weighted by atomic mass is 15.1. The number of benzene rings is 2. The molecule has 29 heavy (non-hydrogen) atoms. The van der Waals surface area contributed by atoms with Crippen LogP contribution in [0.5, 0.6) is 0 Å². The van der Waals surface area contributed by atoms with E-state index in [9.17, 15) is 0 Å². The van der Waals surface area contributed by atoms with Crippen molar-refractivity contribution in [3.63, 3.8) is 0 Å². The number of nitrogens with zero attached hydrogens (tertiary/aromatic N) is 3. The van der Waals surface area contributed by atoms with E-state index in [0.717, 1.165) is 49.9 Å². The highest BCUT2D eigenvalue weighted by Crippen LogP contribution is 2.34. The van der Waals surface area contributed by atoms with E-state index in [0.29, 0.717) is 0 Å². The largest absolute Gasteiger partial charge is 0.353 e. The van der Waals surface area contributed by atoms with E-state index in [1.807, 2.05) is 36.9 Å². The summed E-state index contributed by atoms with van der Waals surface area (Å²) in [7, 11) is 0. The standard InChI is InChI=1S/C23H16N6/c1-2-17(14-6-8-24-9-7-14)18-11-22(27-20(18)3-1)23-19-10-15(16-12-25-26-13-16)4-5-21(19)28-29-23/h1-13,27H,(H,25,26)(H,28,29). The number of pyridine rings is 1. The highest BCUT2D eigenvalue weighted by molar-refractivity contribution is 6.01. The van der Waals surface area contributed by atoms with Crippen LogP contribution in [0.15, 0.2) is 79.4 Å². The van der Waals surface area contributed by atoms with Gasteiger partial charge in [-0.15, -0.1) is 0 Å². The van der Waals surface area contributed by atoms with Crippen LogP contribution in [0.2, 0.25) is 0 Å². The molecular formula is C23H16N6. The minimum absolute atomic E-state index is 0.905. The molecule has 6 heteroatoms. The summed E-state index contributed by atoms with van der Waals surface area (Å²) in [5.74, 6) is 0. The molecule has 0 bridgehead atoms. The fraction of sp³-hybridized carbons (Fsp3) is 0. The molecule has 0 fully saturated rings. The molecule has 0 atom stereocenters. The van der Waals surface area contributed by atoms with E-state index >= 15 is 0 Å². The summed E-state index contributed by atoms with van der Waals surface area (Å²) in [6, 6.07) is 18.8. The predicted molar refractivity (Wildman–Crippen MR) is 114 cm³/mol. The van der Waals surface area contributed by atoms with Gasteiger partial charge in [-0.1, -0.05) is 18.2 Å². The zero-order valence-corrected chi connectivity index (χ0v) is 15.3. The van der Waals surface area contributed by atoms with Crippen molar-refractivity contribution in [1.29, 1.82) is 0 Å². The molecule has 0 aliphatic heterocycles. The third-order valence-corrected chi connectivity index (χ3v) is 5.30. The maximum Gasteiger partial charge on any atom is 0.116 e. The van der Waals surface area contributed by atoms with Crippen molar-refractivity contribution < 1.29 is 0 Å². The lowest BCUT2D eigenvalue weighted by Gasteiger charge is -2.02. The third kappa shape index (κ3) is 2.54. The number of aromatic nitrogens is 6. The van der Waals surface area contributed by atoms with Gasteiger partial charge in [0.15, 0.2) is 0 Å². The van der Waals surface area contributed by atoms with Crippen LogP contribution in [-0.2, 0) is 0 Å². The second-order valence-electron chi connectivity index (χ2n) is 7.01. The second-order valence-corrected chi connectivity index (χ2v) is 7.01. The molecule has 3 N–H and O–H groups in total. The summed E-state index contributed by atoms with van der Waals surface area (Å²) in [5.41, 5.74) is 8.44. The Bertz CT molecular complexity index is 1440. The lowest BCUT2D eigenvalue weighted by atomic mass is 10.0. The van der Waals surface area contributed by atoms with E-state index in [2.05, 4.69) is 72.8 Å². The van der Waals surface area contributed by atoms with Crippen LogP contribution in [0, 0.1) is 0 Å². The van der Waals surface area contributed by atoms with Crippen molar-refractivity contribution in [2.24, 2.45) is 0 Å². The fourth-order valence-electron chi connectivity index (χ4n) is 3.87. The number of rotatable bonds is 3. The number of aromatic amines is 3. The first kappa shape index (κ1) is 15.8. The highest BCUT2D eigenvalue weighted by Gasteiger charge is 2.14. The summed E-state index contributed by atoms with van der Waals surface area (Å²) in [6.07, 6.45) is 7.36. The molecule has 0 aliphatic rings. The van der Waals surface area contributed by atoms with Crippen LogP contribution in [-0.4, -0.2) is 30.4 Å². The second kappa shape index (κ2) is 6.17. The molecule has 0 unspecified atom stereocenters. The van der Waals surface area contributed by atoms with E-state index in [-0.39, 0.29) is 0 Å². The Morgan fingerprint density at radius 2 is 1.69 bits per heavy atom. The van der Waals surface area contributed by atoms with Crippen LogP contribution >= 0.6 is 0 Å². The molecule has 0 saturated heterocycles. The Hall–Kier alpha value is -4.19. The Kier molecular flexibility index (Phi) is 3.37. The number of nitrogens with one attached hydrogen (secondary N) is 3. The SMILES string of the molecule is c1cc(-c2ccncc2)c2cc(-c3n[nH]c4ccc(-c5cn[nH]c5)cc34)[nH]c2c1. The number of hydrogen-bond donors (Lipinski definition) is 3. The summed E-state index contributed by atoms with van der Waals surface area (Å²) < 4.78 is 0. The first-order chi connectivity index (χ1) is 14.4. The fourth-order valence-corrected chi connectivity index (χ4v) is 3.87. The maximum absolute atomic E-state index is 4.60. The number of H-pyrrole nitrogens is 3. The number of fused-ring (bicyclic) bond motifs is 2. The van der Waals surface area contributed by atoms with E-state index < -0.39 is 0 Å². The molecule has 6 nitrogen and oxygen atoms in total. The summed E-state index contributed by atoms with van der Waals surface area (Å²) in [5, 5.41) is 16.9. The minimum Gasteiger partial charge on any atom is -0.353 e. The summed E-state index contributed by atoms with van der Waals surface area (Å²) in [6.45, 7) is 0. The maximum atomic E-state index is 4.60. The van der Waals surface area contributed by atoms with Gasteiger partial charge in [-0.05, 0) is 53.1 Å². The van der Waals surface area contributed by atoms with Gasteiger partial charge in [0.05, 0.1) is 17.4 Å². The molecule has 4 heterocycles. The Balaban J connectivity index is 1.54. The molecule has 2 aromatic carbocycles. The molecule has 0 saturated carbocycles. The smallest absolute Gasteiger partial charge is 0.116 e. The molecule has 0 amide bonds. The van der Waals surface area contributed by atoms with Gasteiger partial charge in [-0.25, -0.2) is 0 Å². The van der Waals surface area contributed by atoms with Gasteiger partial charge in [0.25, 0.3) is 0 Å². The molecule has 0 radical (unpaired) electrons. The van der Waals surface area contributed by atoms with E-state index in [1.54, 1.807) is 0 Å².